The van der Waals surface area contributed by atoms with E-state index in [1.165, 1.54) is 27.8 Å². The van der Waals surface area contributed by atoms with Crippen LogP contribution >= 0.6 is 11.8 Å². The van der Waals surface area contributed by atoms with Crippen LogP contribution in [0, 0.1) is 0 Å². The molecule has 2 atom stereocenters. The molecule has 106 valence electrons. The van der Waals surface area contributed by atoms with E-state index in [1.807, 2.05) is 18.2 Å². The van der Waals surface area contributed by atoms with Crippen LogP contribution in [0.3, 0.4) is 0 Å². The number of thioether (sulfide) groups is 1. The highest BCUT2D eigenvalue weighted by molar-refractivity contribution is 7.99. The fourth-order valence-corrected chi connectivity index (χ4v) is 3.85. The zero-order valence-electron chi connectivity index (χ0n) is 10.9. The highest BCUT2D eigenvalue weighted by Crippen LogP contribution is 2.24. The average molecular weight is 292 g/mol. The van der Waals surface area contributed by atoms with Crippen molar-refractivity contribution in [2.75, 3.05) is 11.6 Å². The van der Waals surface area contributed by atoms with Gasteiger partial charge >= 0.3 is 5.97 Å². The van der Waals surface area contributed by atoms with E-state index in [-0.39, 0.29) is 11.9 Å². The predicted molar refractivity (Wildman–Crippen MR) is 76.4 cm³/mol. The summed E-state index contributed by atoms with van der Waals surface area (Å²) in [7, 11) is 0. The number of aliphatic carboxylic acids is 1. The van der Waals surface area contributed by atoms with Crippen LogP contribution in [0.4, 0.5) is 0 Å². The second-order valence-corrected chi connectivity index (χ2v) is 6.07. The van der Waals surface area contributed by atoms with Crippen LogP contribution in [0.15, 0.2) is 24.3 Å². The molecule has 2 aliphatic rings. The van der Waals surface area contributed by atoms with E-state index in [9.17, 15) is 9.59 Å². The van der Waals surface area contributed by atoms with Gasteiger partial charge in [-0.2, -0.15) is 0 Å². The van der Waals surface area contributed by atoms with Crippen LogP contribution in [0.5, 0.6) is 0 Å². The molecule has 5 nitrogen and oxygen atoms in total. The Morgan fingerprint density at radius 3 is 2.80 bits per heavy atom. The fraction of sp³-hybridized carbons (Fsp3) is 0.429. The topological polar surface area (TPSA) is 69.6 Å². The summed E-state index contributed by atoms with van der Waals surface area (Å²) >= 11 is 1.49. The van der Waals surface area contributed by atoms with Gasteiger partial charge in [0.25, 0.3) is 0 Å². The summed E-state index contributed by atoms with van der Waals surface area (Å²) in [6.07, 6.45) is 0.627. The van der Waals surface area contributed by atoms with Crippen LogP contribution in [0.1, 0.15) is 11.1 Å². The lowest BCUT2D eigenvalue weighted by Crippen LogP contribution is -2.52. The molecule has 1 unspecified atom stereocenters. The maximum absolute atomic E-state index is 12.5. The highest BCUT2D eigenvalue weighted by Gasteiger charge is 2.38. The van der Waals surface area contributed by atoms with Gasteiger partial charge < -0.3 is 15.3 Å². The molecule has 3 rings (SSSR count). The van der Waals surface area contributed by atoms with Gasteiger partial charge in [0.15, 0.2) is 0 Å². The third kappa shape index (κ3) is 2.41. The molecule has 2 N–H and O–H groups in total. The molecule has 1 fully saturated rings. The number of nitrogens with one attached hydrogen (secondary N) is 1. The Morgan fingerprint density at radius 1 is 1.30 bits per heavy atom. The van der Waals surface area contributed by atoms with Crippen LogP contribution in [0.2, 0.25) is 0 Å². The van der Waals surface area contributed by atoms with Crippen LogP contribution < -0.4 is 5.32 Å². The molecule has 0 bridgehead atoms. The van der Waals surface area contributed by atoms with Gasteiger partial charge in [0.2, 0.25) is 5.91 Å². The van der Waals surface area contributed by atoms with Crippen LogP contribution in [-0.4, -0.2) is 45.6 Å². The van der Waals surface area contributed by atoms with Gasteiger partial charge in [-0.05, 0) is 17.5 Å². The molecule has 2 heterocycles. The molecule has 1 aromatic rings. The third-order valence-electron chi connectivity index (χ3n) is 3.83. The largest absolute Gasteiger partial charge is 0.480 e. The van der Waals surface area contributed by atoms with Crippen molar-refractivity contribution < 1.29 is 14.7 Å². The van der Waals surface area contributed by atoms with Gasteiger partial charge in [0, 0.05) is 12.3 Å². The Balaban J connectivity index is 1.74. The molecule has 2 aliphatic heterocycles. The smallest absolute Gasteiger partial charge is 0.327 e. The second-order valence-electron chi connectivity index (χ2n) is 5.07. The number of carboxylic acids is 1. The number of fused-ring (bicyclic) bond motifs is 1. The lowest BCUT2D eigenvalue weighted by atomic mass is 9.95. The first-order chi connectivity index (χ1) is 9.66. The number of rotatable bonds is 2. The van der Waals surface area contributed by atoms with E-state index in [0.29, 0.717) is 24.6 Å². The summed E-state index contributed by atoms with van der Waals surface area (Å²) in [5, 5.41) is 12.4. The summed E-state index contributed by atoms with van der Waals surface area (Å²) in [4.78, 5) is 25.2. The van der Waals surface area contributed by atoms with Gasteiger partial charge in [-0.1, -0.05) is 24.3 Å². The first-order valence-corrected chi connectivity index (χ1v) is 7.73. The van der Waals surface area contributed by atoms with Crippen molar-refractivity contribution in [3.63, 3.8) is 0 Å². The fourth-order valence-electron chi connectivity index (χ4n) is 2.69. The maximum Gasteiger partial charge on any atom is 0.327 e. The molecule has 1 amide bonds. The molecule has 0 saturated carbocycles. The number of hydrogen-bond donors (Lipinski definition) is 2. The van der Waals surface area contributed by atoms with Gasteiger partial charge in [0.1, 0.15) is 6.04 Å². The Hall–Kier alpha value is -1.53. The molecule has 1 aromatic carbocycles. The van der Waals surface area contributed by atoms with Crippen molar-refractivity contribution in [3.05, 3.63) is 35.4 Å². The van der Waals surface area contributed by atoms with Gasteiger partial charge in [-0.25, -0.2) is 4.79 Å². The number of benzene rings is 1. The zero-order valence-corrected chi connectivity index (χ0v) is 11.7. The van der Waals surface area contributed by atoms with E-state index in [1.54, 1.807) is 0 Å². The number of nitrogens with zero attached hydrogens (tertiary/aromatic N) is 1. The Kier molecular flexibility index (Phi) is 3.67. The van der Waals surface area contributed by atoms with Crippen molar-refractivity contribution in [2.45, 2.75) is 25.0 Å². The van der Waals surface area contributed by atoms with Crippen molar-refractivity contribution in [2.24, 2.45) is 0 Å². The van der Waals surface area contributed by atoms with E-state index >= 15 is 0 Å². The molecular weight excluding hydrogens is 276 g/mol. The number of carboxylic acid groups (broad SMARTS) is 1. The minimum atomic E-state index is -0.917. The zero-order chi connectivity index (χ0) is 14.1. The minimum absolute atomic E-state index is 0.100. The van der Waals surface area contributed by atoms with Gasteiger partial charge in [-0.15, -0.1) is 11.8 Å². The average Bonchev–Trinajstić information content (AvgIpc) is 2.95. The van der Waals surface area contributed by atoms with Crippen molar-refractivity contribution in [1.29, 1.82) is 0 Å². The lowest BCUT2D eigenvalue weighted by molar-refractivity contribution is -0.148. The Morgan fingerprint density at radius 2 is 2.05 bits per heavy atom. The lowest BCUT2D eigenvalue weighted by Gasteiger charge is -2.30. The first-order valence-electron chi connectivity index (χ1n) is 6.58. The normalized spacial score (nSPS) is 25.3. The SMILES string of the molecule is O=C(O)[C@@H]1CSCN1C(=O)C1Cc2ccccc2CN1. The van der Waals surface area contributed by atoms with E-state index in [4.69, 9.17) is 5.11 Å². The van der Waals surface area contributed by atoms with Crippen molar-refractivity contribution in [3.8, 4) is 0 Å². The predicted octanol–water partition coefficient (Wildman–Crippen LogP) is 0.687. The number of carbonyl (C=O) groups is 2. The minimum Gasteiger partial charge on any atom is -0.480 e. The number of carbonyl (C=O) groups excluding carboxylic acids is 1. The first kappa shape index (κ1) is 13.5. The summed E-state index contributed by atoms with van der Waals surface area (Å²) < 4.78 is 0. The molecule has 0 aliphatic carbocycles. The van der Waals surface area contributed by atoms with Gasteiger partial charge in [0.05, 0.1) is 11.9 Å². The molecule has 6 heteroatoms. The second kappa shape index (κ2) is 5.46. The third-order valence-corrected chi connectivity index (χ3v) is 4.84. The highest BCUT2D eigenvalue weighted by atomic mass is 32.2. The standard InChI is InChI=1S/C14H16N2O3S/c17-13(16-8-20-7-12(16)14(18)19)11-5-9-3-1-2-4-10(9)6-15-11/h1-4,11-12,15H,5-8H2,(H,18,19)/t11?,12-/m0/s1. The van der Waals surface area contributed by atoms with E-state index < -0.39 is 12.0 Å². The van der Waals surface area contributed by atoms with Crippen molar-refractivity contribution >= 4 is 23.6 Å². The maximum atomic E-state index is 12.5. The molecule has 0 radical (unpaired) electrons. The summed E-state index contributed by atoms with van der Waals surface area (Å²) in [5.74, 6) is -0.0727. The van der Waals surface area contributed by atoms with Crippen LogP contribution in [-0.2, 0) is 22.6 Å². The molecule has 1 saturated heterocycles. The van der Waals surface area contributed by atoms with Crippen LogP contribution in [0.25, 0.3) is 0 Å². The number of hydrogen-bond acceptors (Lipinski definition) is 4. The summed E-state index contributed by atoms with van der Waals surface area (Å²) in [5.41, 5.74) is 2.38. The van der Waals surface area contributed by atoms with Crippen molar-refractivity contribution in [1.82, 2.24) is 10.2 Å². The monoisotopic (exact) mass is 292 g/mol. The number of amides is 1. The summed E-state index contributed by atoms with van der Waals surface area (Å²) in [6, 6.07) is 7.04. The molecule has 0 aromatic heterocycles. The molecular formula is C14H16N2O3S. The Bertz CT molecular complexity index is 549. The quantitative estimate of drug-likeness (QED) is 0.839. The van der Waals surface area contributed by atoms with E-state index in [2.05, 4.69) is 11.4 Å². The summed E-state index contributed by atoms with van der Waals surface area (Å²) in [6.45, 7) is 0.658. The molecule has 0 spiro atoms. The Labute approximate surface area is 121 Å². The van der Waals surface area contributed by atoms with E-state index in [0.717, 1.165) is 0 Å². The molecule has 20 heavy (non-hydrogen) atoms. The van der Waals surface area contributed by atoms with Gasteiger partial charge in [-0.3, -0.25) is 4.79 Å².